The molecule has 2 aliphatic heterocycles. The van der Waals surface area contributed by atoms with Crippen molar-refractivity contribution in [2.45, 2.75) is 39.8 Å². The van der Waals surface area contributed by atoms with Crippen molar-refractivity contribution in [2.24, 2.45) is 5.41 Å². The lowest BCUT2D eigenvalue weighted by Crippen LogP contribution is -2.70. The summed E-state index contributed by atoms with van der Waals surface area (Å²) in [5, 5.41) is 18.9. The second-order valence-corrected chi connectivity index (χ2v) is 9.46. The molecular formula is C25H38N8O2. The summed E-state index contributed by atoms with van der Waals surface area (Å²) in [4.78, 5) is 11.3. The Bertz CT molecular complexity index is 1120. The van der Waals surface area contributed by atoms with E-state index in [1.54, 1.807) is 20.2 Å². The molecule has 0 radical (unpaired) electrons. The minimum Gasteiger partial charge on any atom is -0.496 e. The molecule has 0 bridgehead atoms. The number of nitrogens with zero attached hydrogens (tertiary/aromatic N) is 5. The zero-order valence-electron chi connectivity index (χ0n) is 21.0. The number of anilines is 2. The van der Waals surface area contributed by atoms with Gasteiger partial charge in [-0.2, -0.15) is 10.1 Å². The highest BCUT2D eigenvalue weighted by Gasteiger charge is 2.47. The van der Waals surface area contributed by atoms with E-state index in [9.17, 15) is 0 Å². The van der Waals surface area contributed by atoms with Crippen LogP contribution in [0.4, 0.5) is 11.8 Å². The maximum absolute atomic E-state index is 7.57. The number of aromatic nitrogens is 4. The van der Waals surface area contributed by atoms with Gasteiger partial charge in [-0.05, 0) is 25.0 Å². The topological polar surface area (TPSA) is 126 Å². The van der Waals surface area contributed by atoms with E-state index in [2.05, 4.69) is 55.7 Å². The SMILES string of the molecule is CCCCNc1nc(N)nc2cnn(Cc3ccc(CN4CC5(CNC5)C4)cc3OC)c12.CCO. The number of hydrogen-bond acceptors (Lipinski definition) is 9. The fraction of sp³-hybridized carbons (Fsp3) is 0.560. The van der Waals surface area contributed by atoms with Gasteiger partial charge in [0, 0.05) is 56.9 Å². The molecule has 2 fully saturated rings. The molecule has 190 valence electrons. The van der Waals surface area contributed by atoms with E-state index in [0.717, 1.165) is 67.2 Å². The van der Waals surface area contributed by atoms with Crippen LogP contribution in [0.3, 0.4) is 0 Å². The zero-order valence-corrected chi connectivity index (χ0v) is 21.0. The summed E-state index contributed by atoms with van der Waals surface area (Å²) in [6, 6.07) is 6.49. The molecule has 10 heteroatoms. The normalized spacial score (nSPS) is 16.3. The molecular weight excluding hydrogens is 444 g/mol. The Morgan fingerprint density at radius 3 is 2.63 bits per heavy atom. The Labute approximate surface area is 206 Å². The first-order valence-electron chi connectivity index (χ1n) is 12.4. The number of fused-ring (bicyclic) bond motifs is 1. The highest BCUT2D eigenvalue weighted by Crippen LogP contribution is 2.35. The summed E-state index contributed by atoms with van der Waals surface area (Å²) in [6.07, 6.45) is 3.91. The van der Waals surface area contributed by atoms with Crippen molar-refractivity contribution in [3.8, 4) is 5.75 Å². The van der Waals surface area contributed by atoms with E-state index in [4.69, 9.17) is 15.6 Å². The number of benzene rings is 1. The van der Waals surface area contributed by atoms with Crippen molar-refractivity contribution in [3.05, 3.63) is 35.5 Å². The van der Waals surface area contributed by atoms with Crippen LogP contribution in [-0.4, -0.2) is 76.2 Å². The molecule has 2 aliphatic rings. The van der Waals surface area contributed by atoms with Gasteiger partial charge in [0.2, 0.25) is 5.95 Å². The molecule has 5 rings (SSSR count). The number of methoxy groups -OCH3 is 1. The van der Waals surface area contributed by atoms with Gasteiger partial charge < -0.3 is 26.2 Å². The third-order valence-corrected chi connectivity index (χ3v) is 6.52. The largest absolute Gasteiger partial charge is 0.496 e. The smallest absolute Gasteiger partial charge is 0.222 e. The molecule has 2 aromatic heterocycles. The molecule has 1 aromatic carbocycles. The minimum atomic E-state index is 0.250. The van der Waals surface area contributed by atoms with Gasteiger partial charge in [-0.1, -0.05) is 25.5 Å². The maximum Gasteiger partial charge on any atom is 0.222 e. The number of ether oxygens (including phenoxy) is 1. The van der Waals surface area contributed by atoms with Crippen molar-refractivity contribution < 1.29 is 9.84 Å². The van der Waals surface area contributed by atoms with Crippen LogP contribution in [0, 0.1) is 5.41 Å². The Hall–Kier alpha value is -2.95. The van der Waals surface area contributed by atoms with Crippen LogP contribution in [0.15, 0.2) is 24.4 Å². The number of nitrogen functional groups attached to an aromatic ring is 1. The van der Waals surface area contributed by atoms with Crippen molar-refractivity contribution in [3.63, 3.8) is 0 Å². The Balaban J connectivity index is 0.000000917. The summed E-state index contributed by atoms with van der Waals surface area (Å²) in [7, 11) is 1.73. The first kappa shape index (κ1) is 25.2. The fourth-order valence-corrected chi connectivity index (χ4v) is 4.80. The lowest BCUT2D eigenvalue weighted by Gasteiger charge is -2.56. The predicted octanol–water partition coefficient (Wildman–Crippen LogP) is 2.08. The van der Waals surface area contributed by atoms with Crippen molar-refractivity contribution in [1.29, 1.82) is 0 Å². The van der Waals surface area contributed by atoms with Crippen molar-refractivity contribution in [2.75, 3.05) is 57.5 Å². The molecule has 2 saturated heterocycles. The molecule has 4 heterocycles. The zero-order chi connectivity index (χ0) is 24.8. The van der Waals surface area contributed by atoms with Crippen molar-refractivity contribution >= 4 is 22.8 Å². The predicted molar refractivity (Wildman–Crippen MR) is 139 cm³/mol. The average molecular weight is 483 g/mol. The van der Waals surface area contributed by atoms with E-state index >= 15 is 0 Å². The van der Waals surface area contributed by atoms with Gasteiger partial charge in [-0.15, -0.1) is 0 Å². The monoisotopic (exact) mass is 482 g/mol. The quantitative estimate of drug-likeness (QED) is 0.339. The number of likely N-dealkylation sites (tertiary alicyclic amines) is 1. The van der Waals surface area contributed by atoms with E-state index in [0.29, 0.717) is 12.0 Å². The summed E-state index contributed by atoms with van der Waals surface area (Å²) >= 11 is 0. The van der Waals surface area contributed by atoms with E-state index in [1.165, 1.54) is 18.7 Å². The van der Waals surface area contributed by atoms with E-state index in [1.807, 2.05) is 4.68 Å². The highest BCUT2D eigenvalue weighted by atomic mass is 16.5. The molecule has 0 saturated carbocycles. The van der Waals surface area contributed by atoms with Gasteiger partial charge >= 0.3 is 0 Å². The Morgan fingerprint density at radius 2 is 1.97 bits per heavy atom. The number of nitrogens with one attached hydrogen (secondary N) is 2. The fourth-order valence-electron chi connectivity index (χ4n) is 4.80. The Kier molecular flexibility index (Phi) is 8.04. The molecule has 5 N–H and O–H groups in total. The van der Waals surface area contributed by atoms with Crippen LogP contribution >= 0.6 is 0 Å². The molecule has 0 atom stereocenters. The van der Waals surface area contributed by atoms with Crippen LogP contribution in [0.1, 0.15) is 37.8 Å². The van der Waals surface area contributed by atoms with Gasteiger partial charge in [0.05, 0.1) is 19.9 Å². The van der Waals surface area contributed by atoms with Crippen LogP contribution < -0.4 is 21.1 Å². The second kappa shape index (κ2) is 11.2. The number of hydrogen-bond donors (Lipinski definition) is 4. The molecule has 0 aliphatic carbocycles. The van der Waals surface area contributed by atoms with Gasteiger partial charge in [0.1, 0.15) is 16.8 Å². The van der Waals surface area contributed by atoms with Gasteiger partial charge in [0.25, 0.3) is 0 Å². The molecule has 0 unspecified atom stereocenters. The number of unbranched alkanes of at least 4 members (excludes halogenated alkanes) is 1. The molecule has 3 aromatic rings. The third-order valence-electron chi connectivity index (χ3n) is 6.52. The number of nitrogens with two attached hydrogens (primary N) is 1. The highest BCUT2D eigenvalue weighted by molar-refractivity contribution is 5.86. The molecule has 0 amide bonds. The Morgan fingerprint density at radius 1 is 1.20 bits per heavy atom. The van der Waals surface area contributed by atoms with Gasteiger partial charge in [-0.25, -0.2) is 4.98 Å². The summed E-state index contributed by atoms with van der Waals surface area (Å²) in [6.45, 7) is 11.1. The van der Waals surface area contributed by atoms with Gasteiger partial charge in [0.15, 0.2) is 5.82 Å². The van der Waals surface area contributed by atoms with Crippen LogP contribution in [-0.2, 0) is 13.1 Å². The number of rotatable bonds is 9. The van der Waals surface area contributed by atoms with Crippen LogP contribution in [0.5, 0.6) is 5.75 Å². The lowest BCUT2D eigenvalue weighted by atomic mass is 9.74. The summed E-state index contributed by atoms with van der Waals surface area (Å²) < 4.78 is 7.67. The van der Waals surface area contributed by atoms with E-state index < -0.39 is 0 Å². The summed E-state index contributed by atoms with van der Waals surface area (Å²) in [5.74, 6) is 1.86. The van der Waals surface area contributed by atoms with Gasteiger partial charge in [-0.3, -0.25) is 9.58 Å². The average Bonchev–Trinajstić information content (AvgIpc) is 3.18. The first-order valence-corrected chi connectivity index (χ1v) is 12.4. The number of aliphatic hydroxyl groups is 1. The lowest BCUT2D eigenvalue weighted by molar-refractivity contribution is -0.0444. The second-order valence-electron chi connectivity index (χ2n) is 9.46. The number of aliphatic hydroxyl groups excluding tert-OH is 1. The standard InChI is InChI=1S/C23H32N8O.C2H6O/c1-3-4-7-26-21-20-18(28-22(24)29-21)9-27-31(20)11-17-6-5-16(8-19(17)32-2)10-30-14-23(15-30)12-25-13-23;1-2-3/h5-6,8-9,25H,3-4,7,10-15H2,1-2H3,(H3,24,26,28,29);3H,2H2,1H3. The minimum absolute atomic E-state index is 0.250. The van der Waals surface area contributed by atoms with Crippen LogP contribution in [0.2, 0.25) is 0 Å². The summed E-state index contributed by atoms with van der Waals surface area (Å²) in [5.41, 5.74) is 10.4. The van der Waals surface area contributed by atoms with Crippen molar-refractivity contribution in [1.82, 2.24) is 30.0 Å². The maximum atomic E-state index is 7.57. The molecule has 1 spiro atoms. The first-order chi connectivity index (χ1) is 17.0. The van der Waals surface area contributed by atoms with E-state index in [-0.39, 0.29) is 12.6 Å². The molecule has 35 heavy (non-hydrogen) atoms. The van der Waals surface area contributed by atoms with Crippen LogP contribution in [0.25, 0.3) is 11.0 Å². The molecule has 10 nitrogen and oxygen atoms in total. The third kappa shape index (κ3) is 5.66.